The van der Waals surface area contributed by atoms with Crippen molar-refractivity contribution in [3.05, 3.63) is 34.9 Å². The molecule has 0 bridgehead atoms. The van der Waals surface area contributed by atoms with Gasteiger partial charge >= 0.3 is 0 Å². The monoisotopic (exact) mass is 364 g/mol. The molecule has 2 aliphatic heterocycles. The smallest absolute Gasteiger partial charge is 0.193 e. The van der Waals surface area contributed by atoms with Crippen LogP contribution in [0.1, 0.15) is 30.9 Å². The Hall–Kier alpha value is -1.30. The fourth-order valence-electron chi connectivity index (χ4n) is 3.83. The van der Waals surface area contributed by atoms with Crippen molar-refractivity contribution in [3.63, 3.8) is 0 Å². The van der Waals surface area contributed by atoms with Gasteiger partial charge in [0.1, 0.15) is 0 Å². The number of nitrogens with zero attached hydrogens (tertiary/aromatic N) is 3. The Kier molecular flexibility index (Phi) is 6.57. The van der Waals surface area contributed by atoms with Crippen molar-refractivity contribution in [2.45, 2.75) is 25.4 Å². The standard InChI is InChI=1S/C19H29ClN4O/c1-21-19(22-12-18(25)16-4-6-17(20)7-5-16)24-11-8-15(14-24)13-23-9-2-3-10-23/h4-7,15,18,25H,2-3,8-14H2,1H3,(H,21,22). The predicted molar refractivity (Wildman–Crippen MR) is 103 cm³/mol. The Morgan fingerprint density at radius 2 is 2.00 bits per heavy atom. The van der Waals surface area contributed by atoms with E-state index < -0.39 is 6.10 Å². The van der Waals surface area contributed by atoms with E-state index in [1.165, 1.54) is 38.9 Å². The second-order valence-corrected chi connectivity index (χ2v) is 7.54. The van der Waals surface area contributed by atoms with E-state index in [1.807, 2.05) is 19.2 Å². The minimum Gasteiger partial charge on any atom is -0.387 e. The molecule has 2 saturated heterocycles. The van der Waals surface area contributed by atoms with Crippen LogP contribution < -0.4 is 5.32 Å². The van der Waals surface area contributed by atoms with Crippen molar-refractivity contribution >= 4 is 17.6 Å². The first kappa shape index (κ1) is 18.5. The molecule has 0 spiro atoms. The molecule has 0 aromatic heterocycles. The number of halogens is 1. The SMILES string of the molecule is CN=C(NCC(O)c1ccc(Cl)cc1)N1CCC(CN2CCCC2)C1. The average Bonchev–Trinajstić information content (AvgIpc) is 3.29. The summed E-state index contributed by atoms with van der Waals surface area (Å²) in [6.45, 7) is 6.26. The summed E-state index contributed by atoms with van der Waals surface area (Å²) in [5.74, 6) is 1.61. The van der Waals surface area contributed by atoms with E-state index in [9.17, 15) is 5.11 Å². The van der Waals surface area contributed by atoms with E-state index >= 15 is 0 Å². The average molecular weight is 365 g/mol. The fraction of sp³-hybridized carbons (Fsp3) is 0.632. The second kappa shape index (κ2) is 8.88. The largest absolute Gasteiger partial charge is 0.387 e. The summed E-state index contributed by atoms with van der Waals surface area (Å²) in [6.07, 6.45) is 3.35. The van der Waals surface area contributed by atoms with Gasteiger partial charge < -0.3 is 20.2 Å². The molecule has 2 aliphatic rings. The number of aliphatic imine (C=N–C) groups is 1. The molecule has 2 unspecified atom stereocenters. The zero-order chi connectivity index (χ0) is 17.6. The molecule has 3 rings (SSSR count). The van der Waals surface area contributed by atoms with Crippen molar-refractivity contribution < 1.29 is 5.11 Å². The van der Waals surface area contributed by atoms with Crippen LogP contribution in [0.5, 0.6) is 0 Å². The van der Waals surface area contributed by atoms with Crippen molar-refractivity contribution in [1.29, 1.82) is 0 Å². The quantitative estimate of drug-likeness (QED) is 0.622. The van der Waals surface area contributed by atoms with Crippen molar-refractivity contribution in [2.75, 3.05) is 46.3 Å². The van der Waals surface area contributed by atoms with Crippen LogP contribution in [0.3, 0.4) is 0 Å². The van der Waals surface area contributed by atoms with E-state index in [2.05, 4.69) is 20.1 Å². The zero-order valence-electron chi connectivity index (χ0n) is 15.0. The maximum Gasteiger partial charge on any atom is 0.193 e. The van der Waals surface area contributed by atoms with Crippen LogP contribution in [0.25, 0.3) is 0 Å². The molecule has 0 aliphatic carbocycles. The van der Waals surface area contributed by atoms with E-state index in [1.54, 1.807) is 12.1 Å². The van der Waals surface area contributed by atoms with Gasteiger partial charge in [-0.1, -0.05) is 23.7 Å². The van der Waals surface area contributed by atoms with Gasteiger partial charge in [0, 0.05) is 38.2 Å². The van der Waals surface area contributed by atoms with Crippen LogP contribution in [0.15, 0.2) is 29.3 Å². The summed E-state index contributed by atoms with van der Waals surface area (Å²) in [6, 6.07) is 7.33. The Morgan fingerprint density at radius 3 is 2.68 bits per heavy atom. The molecular weight excluding hydrogens is 336 g/mol. The maximum absolute atomic E-state index is 10.4. The maximum atomic E-state index is 10.4. The molecule has 5 nitrogen and oxygen atoms in total. The van der Waals surface area contributed by atoms with Crippen LogP contribution in [0.4, 0.5) is 0 Å². The number of likely N-dealkylation sites (tertiary alicyclic amines) is 2. The third kappa shape index (κ3) is 5.09. The van der Waals surface area contributed by atoms with Gasteiger partial charge in [0.15, 0.2) is 5.96 Å². The highest BCUT2D eigenvalue weighted by Gasteiger charge is 2.27. The predicted octanol–water partition coefficient (Wildman–Crippen LogP) is 2.37. The van der Waals surface area contributed by atoms with E-state index in [0.29, 0.717) is 11.6 Å². The number of hydrogen-bond donors (Lipinski definition) is 2. The molecule has 2 N–H and O–H groups in total. The van der Waals surface area contributed by atoms with Gasteiger partial charge in [-0.3, -0.25) is 4.99 Å². The lowest BCUT2D eigenvalue weighted by Crippen LogP contribution is -2.42. The van der Waals surface area contributed by atoms with Crippen LogP contribution in [-0.4, -0.2) is 67.2 Å². The van der Waals surface area contributed by atoms with Crippen LogP contribution in [-0.2, 0) is 0 Å². The van der Waals surface area contributed by atoms with Crippen LogP contribution in [0, 0.1) is 5.92 Å². The number of benzene rings is 1. The first-order valence-electron chi connectivity index (χ1n) is 9.27. The summed E-state index contributed by atoms with van der Waals surface area (Å²) < 4.78 is 0. The van der Waals surface area contributed by atoms with Gasteiger partial charge in [0.25, 0.3) is 0 Å². The molecule has 0 radical (unpaired) electrons. The highest BCUT2D eigenvalue weighted by molar-refractivity contribution is 6.30. The molecule has 6 heteroatoms. The Morgan fingerprint density at radius 1 is 1.28 bits per heavy atom. The molecule has 2 atom stereocenters. The summed E-state index contributed by atoms with van der Waals surface area (Å²) >= 11 is 5.90. The van der Waals surface area contributed by atoms with Gasteiger partial charge in [-0.25, -0.2) is 0 Å². The minimum atomic E-state index is -0.572. The third-order valence-electron chi connectivity index (χ3n) is 5.22. The first-order valence-corrected chi connectivity index (χ1v) is 9.65. The normalized spacial score (nSPS) is 23.2. The summed E-state index contributed by atoms with van der Waals surface area (Å²) in [5, 5.41) is 14.4. The highest BCUT2D eigenvalue weighted by atomic mass is 35.5. The number of rotatable bonds is 5. The Bertz CT molecular complexity index is 571. The second-order valence-electron chi connectivity index (χ2n) is 7.10. The molecule has 138 valence electrons. The topological polar surface area (TPSA) is 51.1 Å². The van der Waals surface area contributed by atoms with Crippen molar-refractivity contribution in [2.24, 2.45) is 10.9 Å². The van der Waals surface area contributed by atoms with Crippen molar-refractivity contribution in [3.8, 4) is 0 Å². The van der Waals surface area contributed by atoms with Gasteiger partial charge in [0.05, 0.1) is 6.10 Å². The lowest BCUT2D eigenvalue weighted by atomic mass is 10.1. The summed E-state index contributed by atoms with van der Waals surface area (Å²) in [4.78, 5) is 9.31. The Balaban J connectivity index is 1.46. The molecule has 1 aromatic rings. The van der Waals surface area contributed by atoms with Crippen LogP contribution in [0.2, 0.25) is 5.02 Å². The lowest BCUT2D eigenvalue weighted by Gasteiger charge is -2.24. The summed E-state index contributed by atoms with van der Waals surface area (Å²) in [5.41, 5.74) is 0.862. The zero-order valence-corrected chi connectivity index (χ0v) is 15.8. The molecule has 0 saturated carbocycles. The molecule has 0 amide bonds. The number of guanidine groups is 1. The molecule has 2 fully saturated rings. The van der Waals surface area contributed by atoms with E-state index in [-0.39, 0.29) is 0 Å². The van der Waals surface area contributed by atoms with Gasteiger partial charge in [0.2, 0.25) is 0 Å². The van der Waals surface area contributed by atoms with E-state index in [0.717, 1.165) is 30.5 Å². The minimum absolute atomic E-state index is 0.446. The molecule has 1 aromatic carbocycles. The van der Waals surface area contributed by atoms with Crippen molar-refractivity contribution in [1.82, 2.24) is 15.1 Å². The van der Waals surface area contributed by atoms with Gasteiger partial charge in [-0.2, -0.15) is 0 Å². The van der Waals surface area contributed by atoms with Gasteiger partial charge in [-0.15, -0.1) is 0 Å². The number of aliphatic hydroxyl groups excluding tert-OH is 1. The van der Waals surface area contributed by atoms with Gasteiger partial charge in [-0.05, 0) is 56.0 Å². The van der Waals surface area contributed by atoms with Crippen LogP contribution >= 0.6 is 11.6 Å². The number of nitrogens with one attached hydrogen (secondary N) is 1. The first-order chi connectivity index (χ1) is 12.2. The summed E-state index contributed by atoms with van der Waals surface area (Å²) in [7, 11) is 1.81. The lowest BCUT2D eigenvalue weighted by molar-refractivity contribution is 0.179. The highest BCUT2D eigenvalue weighted by Crippen LogP contribution is 2.20. The molecule has 2 heterocycles. The molecule has 25 heavy (non-hydrogen) atoms. The number of aliphatic hydroxyl groups is 1. The number of hydrogen-bond acceptors (Lipinski definition) is 3. The third-order valence-corrected chi connectivity index (χ3v) is 5.47. The molecular formula is C19H29ClN4O. The fourth-order valence-corrected chi connectivity index (χ4v) is 3.95. The van der Waals surface area contributed by atoms with E-state index in [4.69, 9.17) is 11.6 Å². The Labute approximate surface area is 155 Å².